The van der Waals surface area contributed by atoms with Crippen LogP contribution in [0.2, 0.25) is 0 Å². The number of nitro groups is 1. The Morgan fingerprint density at radius 2 is 2.04 bits per heavy atom. The Morgan fingerprint density at radius 3 is 2.75 bits per heavy atom. The molecular weight excluding hydrogens is 362 g/mol. The van der Waals surface area contributed by atoms with Crippen molar-refractivity contribution >= 4 is 17.3 Å². The van der Waals surface area contributed by atoms with E-state index in [9.17, 15) is 14.9 Å². The molecule has 0 unspecified atom stereocenters. The van der Waals surface area contributed by atoms with E-state index in [1.165, 1.54) is 18.2 Å². The average molecular weight is 377 g/mol. The standard InChI is InChI=1S/C20H15N3O5/c1-13-4-2-3-5-18(13)27-12-16-7-9-19(28-16)20(24)22-17-8-6-15(23(25)26)10-14(17)11-21/h2-10H,12H2,1H3,(H,22,24). The third-order valence-corrected chi connectivity index (χ3v) is 3.93. The second-order valence-electron chi connectivity index (χ2n) is 5.87. The second kappa shape index (κ2) is 8.05. The molecule has 0 saturated carbocycles. The summed E-state index contributed by atoms with van der Waals surface area (Å²) in [6, 6.07) is 16.1. The summed E-state index contributed by atoms with van der Waals surface area (Å²) in [5, 5.41) is 22.5. The number of amides is 1. The first-order valence-corrected chi connectivity index (χ1v) is 8.25. The number of anilines is 1. The van der Waals surface area contributed by atoms with Crippen LogP contribution in [0.15, 0.2) is 59.0 Å². The van der Waals surface area contributed by atoms with Crippen molar-refractivity contribution in [1.82, 2.24) is 0 Å². The molecule has 0 aliphatic rings. The molecule has 3 aromatic rings. The van der Waals surface area contributed by atoms with Crippen molar-refractivity contribution in [3.8, 4) is 11.8 Å². The number of carbonyl (C=O) groups is 1. The van der Waals surface area contributed by atoms with Gasteiger partial charge in [0.15, 0.2) is 5.76 Å². The summed E-state index contributed by atoms with van der Waals surface area (Å²) in [6.45, 7) is 2.08. The van der Waals surface area contributed by atoms with Crippen LogP contribution in [0.5, 0.6) is 5.75 Å². The summed E-state index contributed by atoms with van der Waals surface area (Å²) < 4.78 is 11.2. The van der Waals surface area contributed by atoms with Crippen LogP contribution in [0.25, 0.3) is 0 Å². The molecule has 3 rings (SSSR count). The third kappa shape index (κ3) is 4.16. The minimum atomic E-state index is -0.611. The van der Waals surface area contributed by atoms with E-state index in [2.05, 4.69) is 5.32 Å². The van der Waals surface area contributed by atoms with Gasteiger partial charge < -0.3 is 14.5 Å². The molecule has 0 fully saturated rings. The topological polar surface area (TPSA) is 118 Å². The number of nitrogens with zero attached hydrogens (tertiary/aromatic N) is 2. The molecular formula is C20H15N3O5. The predicted octanol–water partition coefficient (Wildman–Crippen LogP) is 4.20. The molecule has 0 spiro atoms. The molecule has 28 heavy (non-hydrogen) atoms. The summed E-state index contributed by atoms with van der Waals surface area (Å²) in [4.78, 5) is 22.5. The van der Waals surface area contributed by atoms with Gasteiger partial charge in [-0.25, -0.2) is 0 Å². The first-order chi connectivity index (χ1) is 13.5. The Hall–Kier alpha value is -4.12. The SMILES string of the molecule is Cc1ccccc1OCc1ccc(C(=O)Nc2ccc([N+](=O)[O-])cc2C#N)o1. The van der Waals surface area contributed by atoms with E-state index in [0.717, 1.165) is 17.4 Å². The van der Waals surface area contributed by atoms with Crippen molar-refractivity contribution in [1.29, 1.82) is 5.26 Å². The van der Waals surface area contributed by atoms with Crippen LogP contribution in [-0.4, -0.2) is 10.8 Å². The number of hydrogen-bond acceptors (Lipinski definition) is 6. The van der Waals surface area contributed by atoms with Crippen LogP contribution in [0.4, 0.5) is 11.4 Å². The quantitative estimate of drug-likeness (QED) is 0.508. The molecule has 0 aliphatic heterocycles. The van der Waals surface area contributed by atoms with Crippen LogP contribution in [0.1, 0.15) is 27.4 Å². The van der Waals surface area contributed by atoms with Gasteiger partial charge in [-0.1, -0.05) is 18.2 Å². The Kier molecular flexibility index (Phi) is 5.37. The van der Waals surface area contributed by atoms with Gasteiger partial charge in [-0.3, -0.25) is 14.9 Å². The van der Waals surface area contributed by atoms with E-state index in [1.807, 2.05) is 37.3 Å². The van der Waals surface area contributed by atoms with Crippen molar-refractivity contribution in [2.45, 2.75) is 13.5 Å². The van der Waals surface area contributed by atoms with Gasteiger partial charge in [0.25, 0.3) is 11.6 Å². The Bertz CT molecular complexity index is 1080. The molecule has 2 aromatic carbocycles. The Balaban J connectivity index is 1.68. The van der Waals surface area contributed by atoms with Crippen LogP contribution in [-0.2, 0) is 6.61 Å². The third-order valence-electron chi connectivity index (χ3n) is 3.93. The van der Waals surface area contributed by atoms with Crippen LogP contribution >= 0.6 is 0 Å². The van der Waals surface area contributed by atoms with E-state index in [-0.39, 0.29) is 29.3 Å². The van der Waals surface area contributed by atoms with Gasteiger partial charge >= 0.3 is 0 Å². The lowest BCUT2D eigenvalue weighted by atomic mass is 10.1. The monoisotopic (exact) mass is 377 g/mol. The molecule has 8 heteroatoms. The van der Waals surface area contributed by atoms with Gasteiger partial charge in [0.2, 0.25) is 0 Å². The number of aryl methyl sites for hydroxylation is 1. The number of benzene rings is 2. The number of rotatable bonds is 6. The highest BCUT2D eigenvalue weighted by molar-refractivity contribution is 6.03. The van der Waals surface area contributed by atoms with Crippen LogP contribution < -0.4 is 10.1 Å². The number of nitrogens with one attached hydrogen (secondary N) is 1. The second-order valence-corrected chi connectivity index (χ2v) is 5.87. The fraction of sp³-hybridized carbons (Fsp3) is 0.100. The lowest BCUT2D eigenvalue weighted by molar-refractivity contribution is -0.384. The van der Waals surface area contributed by atoms with E-state index < -0.39 is 10.8 Å². The normalized spacial score (nSPS) is 10.1. The predicted molar refractivity (Wildman–Crippen MR) is 100.0 cm³/mol. The molecule has 1 aromatic heterocycles. The average Bonchev–Trinajstić information content (AvgIpc) is 3.16. The highest BCUT2D eigenvalue weighted by Crippen LogP contribution is 2.23. The van der Waals surface area contributed by atoms with E-state index in [0.29, 0.717) is 5.76 Å². The van der Waals surface area contributed by atoms with Gasteiger partial charge in [-0.05, 0) is 36.8 Å². The highest BCUT2D eigenvalue weighted by atomic mass is 16.6. The van der Waals surface area contributed by atoms with Gasteiger partial charge in [0, 0.05) is 12.1 Å². The zero-order valence-electron chi connectivity index (χ0n) is 14.8. The highest BCUT2D eigenvalue weighted by Gasteiger charge is 2.16. The number of ether oxygens (including phenoxy) is 1. The molecule has 0 saturated heterocycles. The molecule has 1 N–H and O–H groups in total. The molecule has 0 radical (unpaired) electrons. The molecule has 0 atom stereocenters. The maximum atomic E-state index is 12.4. The van der Waals surface area contributed by atoms with E-state index in [1.54, 1.807) is 6.07 Å². The number of furan rings is 1. The largest absolute Gasteiger partial charge is 0.485 e. The fourth-order valence-electron chi connectivity index (χ4n) is 2.48. The number of nitro benzene ring substituents is 1. The van der Waals surface area contributed by atoms with Gasteiger partial charge in [0.1, 0.15) is 24.2 Å². The number of nitriles is 1. The number of para-hydroxylation sites is 1. The van der Waals surface area contributed by atoms with Crippen molar-refractivity contribution in [2.75, 3.05) is 5.32 Å². The van der Waals surface area contributed by atoms with Gasteiger partial charge in [-0.15, -0.1) is 0 Å². The van der Waals surface area contributed by atoms with Crippen LogP contribution in [0.3, 0.4) is 0 Å². The lowest BCUT2D eigenvalue weighted by Crippen LogP contribution is -2.12. The summed E-state index contributed by atoms with van der Waals surface area (Å²) in [6.07, 6.45) is 0. The van der Waals surface area contributed by atoms with Crippen molar-refractivity contribution in [3.63, 3.8) is 0 Å². The molecule has 0 bridgehead atoms. The zero-order valence-corrected chi connectivity index (χ0v) is 14.8. The van der Waals surface area contributed by atoms with E-state index >= 15 is 0 Å². The zero-order chi connectivity index (χ0) is 20.1. The molecule has 8 nitrogen and oxygen atoms in total. The first-order valence-electron chi connectivity index (χ1n) is 8.25. The lowest BCUT2D eigenvalue weighted by Gasteiger charge is -2.07. The Labute approximate surface area is 160 Å². The first kappa shape index (κ1) is 18.7. The Morgan fingerprint density at radius 1 is 1.25 bits per heavy atom. The molecule has 0 aliphatic carbocycles. The minimum Gasteiger partial charge on any atom is -0.485 e. The number of hydrogen-bond donors (Lipinski definition) is 1. The summed E-state index contributed by atoms with van der Waals surface area (Å²) >= 11 is 0. The van der Waals surface area contributed by atoms with E-state index in [4.69, 9.17) is 14.4 Å². The van der Waals surface area contributed by atoms with Crippen LogP contribution in [0, 0.1) is 28.4 Å². The molecule has 1 heterocycles. The fourth-order valence-corrected chi connectivity index (χ4v) is 2.48. The maximum absolute atomic E-state index is 12.4. The van der Waals surface area contributed by atoms with Crippen molar-refractivity contribution in [3.05, 3.63) is 87.4 Å². The summed E-state index contributed by atoms with van der Waals surface area (Å²) in [7, 11) is 0. The number of non-ortho nitro benzene ring substituents is 1. The maximum Gasteiger partial charge on any atom is 0.291 e. The molecule has 140 valence electrons. The van der Waals surface area contributed by atoms with Gasteiger partial charge in [-0.2, -0.15) is 5.26 Å². The smallest absolute Gasteiger partial charge is 0.291 e. The minimum absolute atomic E-state index is 0.0165. The van der Waals surface area contributed by atoms with Crippen molar-refractivity contribution in [2.24, 2.45) is 0 Å². The van der Waals surface area contributed by atoms with Crippen molar-refractivity contribution < 1.29 is 18.9 Å². The molecule has 1 amide bonds. The number of carbonyl (C=O) groups excluding carboxylic acids is 1. The summed E-state index contributed by atoms with van der Waals surface area (Å²) in [5.74, 6) is 0.630. The summed E-state index contributed by atoms with van der Waals surface area (Å²) in [5.41, 5.74) is 0.891. The van der Waals surface area contributed by atoms with Gasteiger partial charge in [0.05, 0.1) is 16.2 Å².